The number of benzene rings is 2. The SMILES string of the molecule is C/C(=N/[S@](=O)C(C)(C)C)c1cc(C)cc2c(=O)n(C)c(-c3nn(C)c4ccccc34)nc12. The number of rotatable bonds is 3. The van der Waals surface area contributed by atoms with E-state index in [2.05, 4.69) is 9.50 Å². The van der Waals surface area contributed by atoms with Crippen LogP contribution in [0.2, 0.25) is 0 Å². The smallest absolute Gasteiger partial charge is 0.261 e. The zero-order valence-corrected chi connectivity index (χ0v) is 20.2. The van der Waals surface area contributed by atoms with Crippen LogP contribution in [0.15, 0.2) is 45.6 Å². The third kappa shape index (κ3) is 3.68. The number of fused-ring (bicyclic) bond motifs is 2. The average Bonchev–Trinajstić information content (AvgIpc) is 3.06. The van der Waals surface area contributed by atoms with Crippen molar-refractivity contribution < 1.29 is 4.21 Å². The lowest BCUT2D eigenvalue weighted by atomic mass is 10.0. The van der Waals surface area contributed by atoms with Crippen LogP contribution in [0.3, 0.4) is 0 Å². The molecule has 0 aliphatic heterocycles. The van der Waals surface area contributed by atoms with Crippen LogP contribution in [0, 0.1) is 6.92 Å². The van der Waals surface area contributed by atoms with Gasteiger partial charge >= 0.3 is 0 Å². The van der Waals surface area contributed by atoms with E-state index in [1.165, 1.54) is 0 Å². The van der Waals surface area contributed by atoms with Crippen molar-refractivity contribution in [3.8, 4) is 11.5 Å². The van der Waals surface area contributed by atoms with Gasteiger partial charge in [0.05, 0.1) is 26.9 Å². The molecule has 1 atom stereocenters. The predicted octanol–water partition coefficient (Wildman–Crippen LogP) is 4.07. The second-order valence-corrected chi connectivity index (χ2v) is 10.9. The number of hydrogen-bond donors (Lipinski definition) is 0. The van der Waals surface area contributed by atoms with Gasteiger partial charge in [-0.2, -0.15) is 9.50 Å². The summed E-state index contributed by atoms with van der Waals surface area (Å²) in [4.78, 5) is 18.3. The Morgan fingerprint density at radius 2 is 1.78 bits per heavy atom. The predicted molar refractivity (Wildman–Crippen MR) is 132 cm³/mol. The van der Waals surface area contributed by atoms with Crippen LogP contribution in [0.5, 0.6) is 0 Å². The molecular formula is C24H27N5O2S. The Morgan fingerprint density at radius 3 is 2.47 bits per heavy atom. The first kappa shape index (κ1) is 22.1. The van der Waals surface area contributed by atoms with Crippen LogP contribution in [0.25, 0.3) is 33.3 Å². The zero-order valence-electron chi connectivity index (χ0n) is 19.4. The lowest BCUT2D eigenvalue weighted by Crippen LogP contribution is -2.22. The van der Waals surface area contributed by atoms with Crippen LogP contribution in [0.1, 0.15) is 38.8 Å². The molecule has 2 heterocycles. The third-order valence-corrected chi connectivity index (χ3v) is 6.92. The fourth-order valence-corrected chi connectivity index (χ4v) is 4.32. The molecule has 8 heteroatoms. The maximum Gasteiger partial charge on any atom is 0.261 e. The van der Waals surface area contributed by atoms with E-state index < -0.39 is 15.7 Å². The first-order chi connectivity index (χ1) is 15.0. The summed E-state index contributed by atoms with van der Waals surface area (Å²) >= 11 is 0. The van der Waals surface area contributed by atoms with Gasteiger partial charge in [0.15, 0.2) is 5.82 Å². The van der Waals surface area contributed by atoms with E-state index in [0.717, 1.165) is 16.5 Å². The van der Waals surface area contributed by atoms with Gasteiger partial charge in [0, 0.05) is 25.0 Å². The Kier molecular flexibility index (Phi) is 5.36. The van der Waals surface area contributed by atoms with Crippen molar-refractivity contribution in [2.24, 2.45) is 18.5 Å². The molecule has 0 N–H and O–H groups in total. The van der Waals surface area contributed by atoms with Crippen molar-refractivity contribution in [1.82, 2.24) is 19.3 Å². The molecule has 0 saturated carbocycles. The van der Waals surface area contributed by atoms with E-state index in [9.17, 15) is 9.00 Å². The molecule has 4 rings (SSSR count). The monoisotopic (exact) mass is 449 g/mol. The number of aromatic nitrogens is 4. The van der Waals surface area contributed by atoms with E-state index in [-0.39, 0.29) is 5.56 Å². The quantitative estimate of drug-likeness (QED) is 0.442. The summed E-state index contributed by atoms with van der Waals surface area (Å²) < 4.78 is 19.9. The fourth-order valence-electron chi connectivity index (χ4n) is 3.70. The van der Waals surface area contributed by atoms with Gasteiger partial charge in [-0.05, 0) is 58.4 Å². The Labute approximate surface area is 189 Å². The van der Waals surface area contributed by atoms with Gasteiger partial charge in [0.1, 0.15) is 16.7 Å². The van der Waals surface area contributed by atoms with Gasteiger partial charge in [0.25, 0.3) is 5.56 Å². The van der Waals surface area contributed by atoms with Crippen LogP contribution in [0.4, 0.5) is 0 Å². The van der Waals surface area contributed by atoms with Crippen molar-refractivity contribution in [1.29, 1.82) is 0 Å². The molecule has 0 bridgehead atoms. The summed E-state index contributed by atoms with van der Waals surface area (Å²) in [5, 5.41) is 6.08. The number of para-hydroxylation sites is 1. The highest BCUT2D eigenvalue weighted by molar-refractivity contribution is 7.85. The third-order valence-electron chi connectivity index (χ3n) is 5.43. The maximum absolute atomic E-state index is 13.4. The van der Waals surface area contributed by atoms with E-state index in [1.807, 2.05) is 78.1 Å². The Bertz CT molecular complexity index is 1490. The van der Waals surface area contributed by atoms with Crippen molar-refractivity contribution in [3.05, 3.63) is 57.9 Å². The molecule has 0 radical (unpaired) electrons. The van der Waals surface area contributed by atoms with Gasteiger partial charge in [-0.3, -0.25) is 14.0 Å². The summed E-state index contributed by atoms with van der Waals surface area (Å²) in [6.45, 7) is 9.38. The van der Waals surface area contributed by atoms with Gasteiger partial charge in [-0.1, -0.05) is 18.2 Å². The minimum Gasteiger partial charge on any atom is -0.294 e. The lowest BCUT2D eigenvalue weighted by molar-refractivity contribution is 0.650. The first-order valence-electron chi connectivity index (χ1n) is 10.4. The molecule has 32 heavy (non-hydrogen) atoms. The van der Waals surface area contributed by atoms with E-state index >= 15 is 0 Å². The van der Waals surface area contributed by atoms with Gasteiger partial charge in [-0.15, -0.1) is 0 Å². The summed E-state index contributed by atoms with van der Waals surface area (Å²) in [6, 6.07) is 11.6. The molecule has 0 fully saturated rings. The second kappa shape index (κ2) is 7.78. The highest BCUT2D eigenvalue weighted by Crippen LogP contribution is 2.28. The highest BCUT2D eigenvalue weighted by Gasteiger charge is 2.22. The largest absolute Gasteiger partial charge is 0.294 e. The molecule has 2 aromatic carbocycles. The maximum atomic E-state index is 13.4. The van der Waals surface area contributed by atoms with Gasteiger partial charge < -0.3 is 0 Å². The summed E-state index contributed by atoms with van der Waals surface area (Å²) in [7, 11) is 2.16. The molecular weight excluding hydrogens is 422 g/mol. The van der Waals surface area contributed by atoms with Gasteiger partial charge in [0.2, 0.25) is 0 Å². The molecule has 0 amide bonds. The number of nitrogens with zero attached hydrogens (tertiary/aromatic N) is 5. The highest BCUT2D eigenvalue weighted by atomic mass is 32.2. The topological polar surface area (TPSA) is 82.1 Å². The molecule has 7 nitrogen and oxygen atoms in total. The number of aryl methyl sites for hydroxylation is 2. The molecule has 0 spiro atoms. The number of hydrogen-bond acceptors (Lipinski definition) is 4. The molecule has 2 aromatic heterocycles. The van der Waals surface area contributed by atoms with Crippen molar-refractivity contribution in [2.45, 2.75) is 39.4 Å². The zero-order chi connectivity index (χ0) is 23.4. The minimum atomic E-state index is -1.42. The van der Waals surface area contributed by atoms with Crippen LogP contribution < -0.4 is 5.56 Å². The molecule has 0 saturated heterocycles. The van der Waals surface area contributed by atoms with E-state index in [4.69, 9.17) is 4.98 Å². The first-order valence-corrected chi connectivity index (χ1v) is 11.5. The van der Waals surface area contributed by atoms with E-state index in [1.54, 1.807) is 16.3 Å². The molecule has 0 aliphatic carbocycles. The van der Waals surface area contributed by atoms with Crippen molar-refractivity contribution in [2.75, 3.05) is 0 Å². The van der Waals surface area contributed by atoms with Crippen LogP contribution >= 0.6 is 0 Å². The molecule has 4 aromatic rings. The lowest BCUT2D eigenvalue weighted by Gasteiger charge is -2.15. The molecule has 166 valence electrons. The summed E-state index contributed by atoms with van der Waals surface area (Å²) in [6.07, 6.45) is 0. The summed E-state index contributed by atoms with van der Waals surface area (Å²) in [5.41, 5.74) is 4.19. The Hall–Kier alpha value is -3.13. The summed E-state index contributed by atoms with van der Waals surface area (Å²) in [5.74, 6) is 0.481. The van der Waals surface area contributed by atoms with Crippen molar-refractivity contribution >= 4 is 38.5 Å². The normalized spacial score (nSPS) is 13.8. The average molecular weight is 450 g/mol. The Balaban J connectivity index is 2.05. The Morgan fingerprint density at radius 1 is 1.09 bits per heavy atom. The van der Waals surface area contributed by atoms with Crippen LogP contribution in [-0.4, -0.2) is 34.0 Å². The molecule has 0 unspecified atom stereocenters. The van der Waals surface area contributed by atoms with Gasteiger partial charge in [-0.25, -0.2) is 9.19 Å². The van der Waals surface area contributed by atoms with E-state index in [0.29, 0.717) is 33.7 Å². The fraction of sp³-hybridized carbons (Fsp3) is 0.333. The molecule has 0 aliphatic rings. The minimum absolute atomic E-state index is 0.158. The van der Waals surface area contributed by atoms with Crippen LogP contribution in [-0.2, 0) is 25.1 Å². The van der Waals surface area contributed by atoms with Crippen molar-refractivity contribution in [3.63, 3.8) is 0 Å². The standard InChI is InChI=1S/C24H27N5O2S/c1-14-12-17(15(2)27-32(31)24(3,4)5)20-18(13-14)23(30)28(6)22(25-20)21-16-10-8-9-11-19(16)29(7)26-21/h8-13H,1-7H3/b27-15-/t32-/m1/s1. The second-order valence-electron chi connectivity index (χ2n) is 9.04.